The SMILES string of the molecule is Cc1nn(CC(=O)N2CCN(C(=O)c3ccco3)CC2)c(C)c1[N+](=O)[O-]. The van der Waals surface area contributed by atoms with Gasteiger partial charge in [0.05, 0.1) is 11.2 Å². The van der Waals surface area contributed by atoms with Gasteiger partial charge in [-0.25, -0.2) is 0 Å². The van der Waals surface area contributed by atoms with E-state index in [1.807, 2.05) is 0 Å². The Labute approximate surface area is 149 Å². The van der Waals surface area contributed by atoms with Crippen LogP contribution in [0.1, 0.15) is 21.9 Å². The van der Waals surface area contributed by atoms with Gasteiger partial charge < -0.3 is 14.2 Å². The number of amides is 2. The Bertz CT molecular complexity index is 834. The second-order valence-corrected chi connectivity index (χ2v) is 6.08. The van der Waals surface area contributed by atoms with Crippen LogP contribution in [0.3, 0.4) is 0 Å². The third kappa shape index (κ3) is 3.30. The Hall–Kier alpha value is -3.17. The van der Waals surface area contributed by atoms with Gasteiger partial charge in [0.15, 0.2) is 5.76 Å². The number of hydrogen-bond acceptors (Lipinski definition) is 6. The summed E-state index contributed by atoms with van der Waals surface area (Å²) in [7, 11) is 0. The summed E-state index contributed by atoms with van der Waals surface area (Å²) in [4.78, 5) is 38.5. The van der Waals surface area contributed by atoms with Crippen molar-refractivity contribution >= 4 is 17.5 Å². The molecule has 1 aliphatic heterocycles. The van der Waals surface area contributed by atoms with Gasteiger partial charge in [0.1, 0.15) is 17.9 Å². The van der Waals surface area contributed by atoms with Gasteiger partial charge in [-0.05, 0) is 26.0 Å². The highest BCUT2D eigenvalue weighted by atomic mass is 16.6. The summed E-state index contributed by atoms with van der Waals surface area (Å²) in [6.45, 7) is 4.66. The standard InChI is InChI=1S/C16H19N5O5/c1-11-15(21(24)25)12(2)20(17-11)10-14(22)18-5-7-19(8-6-18)16(23)13-4-3-9-26-13/h3-4,9H,5-8,10H2,1-2H3. The number of rotatable bonds is 4. The van der Waals surface area contributed by atoms with E-state index in [2.05, 4.69) is 5.10 Å². The third-order valence-electron chi connectivity index (χ3n) is 4.46. The molecule has 2 aromatic rings. The van der Waals surface area contributed by atoms with Gasteiger partial charge in [0, 0.05) is 26.2 Å². The largest absolute Gasteiger partial charge is 0.459 e. The van der Waals surface area contributed by atoms with E-state index in [9.17, 15) is 19.7 Å². The fourth-order valence-corrected chi connectivity index (χ4v) is 3.05. The fourth-order valence-electron chi connectivity index (χ4n) is 3.05. The van der Waals surface area contributed by atoms with E-state index < -0.39 is 4.92 Å². The van der Waals surface area contributed by atoms with Crippen molar-refractivity contribution in [2.75, 3.05) is 26.2 Å². The first-order chi connectivity index (χ1) is 12.4. The molecule has 10 nitrogen and oxygen atoms in total. The molecule has 1 aliphatic rings. The van der Waals surface area contributed by atoms with Gasteiger partial charge in [0.25, 0.3) is 5.91 Å². The lowest BCUT2D eigenvalue weighted by atomic mass is 10.2. The minimum atomic E-state index is -0.488. The molecule has 10 heteroatoms. The van der Waals surface area contributed by atoms with Gasteiger partial charge in [-0.2, -0.15) is 5.10 Å². The number of nitro groups is 1. The third-order valence-corrected chi connectivity index (χ3v) is 4.46. The molecule has 0 unspecified atom stereocenters. The van der Waals surface area contributed by atoms with Crippen molar-refractivity contribution in [1.82, 2.24) is 19.6 Å². The predicted octanol–water partition coefficient (Wildman–Crippen LogP) is 0.986. The van der Waals surface area contributed by atoms with Gasteiger partial charge in [-0.3, -0.25) is 24.4 Å². The van der Waals surface area contributed by atoms with Crippen molar-refractivity contribution in [2.45, 2.75) is 20.4 Å². The zero-order valence-electron chi connectivity index (χ0n) is 14.5. The topological polar surface area (TPSA) is 115 Å². The summed E-state index contributed by atoms with van der Waals surface area (Å²) in [6, 6.07) is 3.26. The van der Waals surface area contributed by atoms with E-state index >= 15 is 0 Å². The van der Waals surface area contributed by atoms with Gasteiger partial charge in [0.2, 0.25) is 5.91 Å². The molecule has 0 spiro atoms. The van der Waals surface area contributed by atoms with Crippen LogP contribution in [0.2, 0.25) is 0 Å². The molecule has 26 heavy (non-hydrogen) atoms. The minimum absolute atomic E-state index is 0.0629. The van der Waals surface area contributed by atoms with Crippen LogP contribution in [-0.4, -0.2) is 62.5 Å². The molecular weight excluding hydrogens is 342 g/mol. The van der Waals surface area contributed by atoms with Crippen LogP contribution in [0.15, 0.2) is 22.8 Å². The average Bonchev–Trinajstić information content (AvgIpc) is 3.23. The number of aromatic nitrogens is 2. The summed E-state index contributed by atoms with van der Waals surface area (Å²) in [5.41, 5.74) is 0.577. The van der Waals surface area contributed by atoms with E-state index in [0.717, 1.165) is 0 Å². The number of furan rings is 1. The molecule has 0 N–H and O–H groups in total. The summed E-state index contributed by atoms with van der Waals surface area (Å²) >= 11 is 0. The Balaban J connectivity index is 1.60. The molecule has 0 atom stereocenters. The van der Waals surface area contributed by atoms with Crippen LogP contribution in [-0.2, 0) is 11.3 Å². The zero-order valence-corrected chi connectivity index (χ0v) is 14.5. The molecule has 0 aromatic carbocycles. The Kier molecular flexibility index (Phi) is 4.74. The highest BCUT2D eigenvalue weighted by Gasteiger charge is 2.28. The highest BCUT2D eigenvalue weighted by Crippen LogP contribution is 2.22. The lowest BCUT2D eigenvalue weighted by Gasteiger charge is -2.34. The maximum Gasteiger partial charge on any atom is 0.312 e. The molecule has 2 amide bonds. The van der Waals surface area contributed by atoms with E-state index in [1.165, 1.54) is 10.9 Å². The van der Waals surface area contributed by atoms with Crippen molar-refractivity contribution in [2.24, 2.45) is 0 Å². The molecule has 0 aliphatic carbocycles. The second-order valence-electron chi connectivity index (χ2n) is 6.08. The van der Waals surface area contributed by atoms with Crippen LogP contribution in [0.5, 0.6) is 0 Å². The average molecular weight is 361 g/mol. The molecule has 3 rings (SSSR count). The summed E-state index contributed by atoms with van der Waals surface area (Å²) in [6.07, 6.45) is 1.45. The Morgan fingerprint density at radius 2 is 1.88 bits per heavy atom. The van der Waals surface area contributed by atoms with E-state index in [4.69, 9.17) is 4.42 Å². The first-order valence-corrected chi connectivity index (χ1v) is 8.17. The van der Waals surface area contributed by atoms with E-state index in [0.29, 0.717) is 31.9 Å². The van der Waals surface area contributed by atoms with Crippen molar-refractivity contribution in [3.05, 3.63) is 45.7 Å². The van der Waals surface area contributed by atoms with Gasteiger partial charge in [-0.1, -0.05) is 0 Å². The van der Waals surface area contributed by atoms with Crippen molar-refractivity contribution < 1.29 is 18.9 Å². The number of hydrogen-bond donors (Lipinski definition) is 0. The van der Waals surface area contributed by atoms with Gasteiger partial charge in [-0.15, -0.1) is 0 Å². The predicted molar refractivity (Wildman–Crippen MR) is 89.5 cm³/mol. The fraction of sp³-hybridized carbons (Fsp3) is 0.438. The summed E-state index contributed by atoms with van der Waals surface area (Å²) in [5.74, 6) is -0.105. The van der Waals surface area contributed by atoms with E-state index in [1.54, 1.807) is 35.8 Å². The van der Waals surface area contributed by atoms with Crippen molar-refractivity contribution in [3.8, 4) is 0 Å². The zero-order chi connectivity index (χ0) is 18.8. The van der Waals surface area contributed by atoms with Gasteiger partial charge >= 0.3 is 5.69 Å². The van der Waals surface area contributed by atoms with Crippen molar-refractivity contribution in [3.63, 3.8) is 0 Å². The quantitative estimate of drug-likeness (QED) is 0.592. The first kappa shape index (κ1) is 17.6. The molecule has 1 saturated heterocycles. The molecule has 138 valence electrons. The molecule has 1 fully saturated rings. The summed E-state index contributed by atoms with van der Waals surface area (Å²) in [5, 5.41) is 15.1. The molecule has 0 radical (unpaired) electrons. The number of carbonyl (C=O) groups excluding carboxylic acids is 2. The smallest absolute Gasteiger partial charge is 0.312 e. The van der Waals surface area contributed by atoms with Crippen LogP contribution in [0.4, 0.5) is 5.69 Å². The maximum atomic E-state index is 12.5. The number of aryl methyl sites for hydroxylation is 1. The molecule has 0 saturated carbocycles. The number of piperazine rings is 1. The van der Waals surface area contributed by atoms with Crippen LogP contribution >= 0.6 is 0 Å². The van der Waals surface area contributed by atoms with Crippen LogP contribution < -0.4 is 0 Å². The normalized spacial score (nSPS) is 14.5. The molecular formula is C16H19N5O5. The Morgan fingerprint density at radius 3 is 2.42 bits per heavy atom. The second kappa shape index (κ2) is 6.98. The molecule has 3 heterocycles. The van der Waals surface area contributed by atoms with Crippen LogP contribution in [0.25, 0.3) is 0 Å². The minimum Gasteiger partial charge on any atom is -0.459 e. The number of nitrogens with zero attached hydrogens (tertiary/aromatic N) is 5. The molecule has 0 bridgehead atoms. The van der Waals surface area contributed by atoms with E-state index in [-0.39, 0.29) is 35.5 Å². The monoisotopic (exact) mass is 361 g/mol. The lowest BCUT2D eigenvalue weighted by molar-refractivity contribution is -0.386. The first-order valence-electron chi connectivity index (χ1n) is 8.17. The Morgan fingerprint density at radius 1 is 1.23 bits per heavy atom. The number of carbonyl (C=O) groups is 2. The van der Waals surface area contributed by atoms with Crippen molar-refractivity contribution in [1.29, 1.82) is 0 Å². The highest BCUT2D eigenvalue weighted by molar-refractivity contribution is 5.91. The molecule has 2 aromatic heterocycles. The maximum absolute atomic E-state index is 12.5. The summed E-state index contributed by atoms with van der Waals surface area (Å²) < 4.78 is 6.47. The lowest BCUT2D eigenvalue weighted by Crippen LogP contribution is -2.51. The van der Waals surface area contributed by atoms with Crippen LogP contribution in [0, 0.1) is 24.0 Å².